The highest BCUT2D eigenvalue weighted by atomic mass is 79.9. The van der Waals surface area contributed by atoms with Crippen LogP contribution in [0.25, 0.3) is 0 Å². The van der Waals surface area contributed by atoms with Crippen LogP contribution in [-0.4, -0.2) is 18.6 Å². The molecule has 1 atom stereocenters. The lowest BCUT2D eigenvalue weighted by atomic mass is 10.3. The van der Waals surface area contributed by atoms with Gasteiger partial charge in [0.1, 0.15) is 0 Å². The highest BCUT2D eigenvalue weighted by Crippen LogP contribution is 2.26. The number of halogens is 3. The maximum Gasteiger partial charge on any atom is 0.261 e. The van der Waals surface area contributed by atoms with Gasteiger partial charge in [-0.15, -0.1) is 6.42 Å². The molecule has 0 radical (unpaired) electrons. The van der Waals surface area contributed by atoms with E-state index in [-0.39, 0.29) is 12.3 Å². The van der Waals surface area contributed by atoms with Gasteiger partial charge in [-0.2, -0.15) is 4.39 Å². The standard InChI is InChI=1S/C12H10BrF2NO2/c1-3-4-16-12(17)7(2)18-10-6-8(13)5-9(14)11(10)15/h1,5-7H,4H2,2H3,(H,16,17)/t7-/m0/s1. The first-order chi connectivity index (χ1) is 8.45. The van der Waals surface area contributed by atoms with Gasteiger partial charge in [-0.1, -0.05) is 21.9 Å². The molecule has 0 saturated heterocycles. The van der Waals surface area contributed by atoms with Crippen molar-refractivity contribution in [2.45, 2.75) is 13.0 Å². The first kappa shape index (κ1) is 14.5. The minimum absolute atomic E-state index is 0.0435. The first-order valence-electron chi connectivity index (χ1n) is 4.98. The number of nitrogens with one attached hydrogen (secondary N) is 1. The fourth-order valence-electron chi connectivity index (χ4n) is 1.14. The van der Waals surface area contributed by atoms with Gasteiger partial charge < -0.3 is 10.1 Å². The molecule has 0 aliphatic heterocycles. The molecule has 18 heavy (non-hydrogen) atoms. The third-order valence-electron chi connectivity index (χ3n) is 2.00. The van der Waals surface area contributed by atoms with E-state index in [0.29, 0.717) is 4.47 Å². The van der Waals surface area contributed by atoms with Crippen molar-refractivity contribution in [3.8, 4) is 18.1 Å². The van der Waals surface area contributed by atoms with Crippen LogP contribution in [0.3, 0.4) is 0 Å². The van der Waals surface area contributed by atoms with Gasteiger partial charge in [-0.3, -0.25) is 4.79 Å². The van der Waals surface area contributed by atoms with Crippen molar-refractivity contribution in [1.29, 1.82) is 0 Å². The van der Waals surface area contributed by atoms with Crippen LogP contribution in [-0.2, 0) is 4.79 Å². The third-order valence-corrected chi connectivity index (χ3v) is 2.46. The van der Waals surface area contributed by atoms with Gasteiger partial charge in [0.15, 0.2) is 17.7 Å². The van der Waals surface area contributed by atoms with Crippen LogP contribution in [0.2, 0.25) is 0 Å². The molecule has 0 saturated carbocycles. The molecule has 0 spiro atoms. The van der Waals surface area contributed by atoms with Crippen LogP contribution in [0, 0.1) is 24.0 Å². The summed E-state index contributed by atoms with van der Waals surface area (Å²) in [4.78, 5) is 11.4. The molecule has 0 unspecified atom stereocenters. The molecular weight excluding hydrogens is 308 g/mol. The molecule has 1 aromatic carbocycles. The Kier molecular flexibility index (Phi) is 5.10. The van der Waals surface area contributed by atoms with Crippen molar-refractivity contribution >= 4 is 21.8 Å². The van der Waals surface area contributed by atoms with Gasteiger partial charge in [-0.25, -0.2) is 4.39 Å². The van der Waals surface area contributed by atoms with Crippen LogP contribution in [0.4, 0.5) is 8.78 Å². The summed E-state index contributed by atoms with van der Waals surface area (Å²) < 4.78 is 31.8. The Bertz CT molecular complexity index is 500. The fourth-order valence-corrected chi connectivity index (χ4v) is 1.55. The van der Waals surface area contributed by atoms with E-state index in [2.05, 4.69) is 27.2 Å². The number of terminal acetylenes is 1. The van der Waals surface area contributed by atoms with Gasteiger partial charge in [0.2, 0.25) is 5.82 Å². The summed E-state index contributed by atoms with van der Waals surface area (Å²) in [5.41, 5.74) is 0. The van der Waals surface area contributed by atoms with E-state index < -0.39 is 23.6 Å². The minimum Gasteiger partial charge on any atom is -0.478 e. The summed E-state index contributed by atoms with van der Waals surface area (Å²) in [6.45, 7) is 1.45. The van der Waals surface area contributed by atoms with Crippen molar-refractivity contribution in [1.82, 2.24) is 5.32 Å². The van der Waals surface area contributed by atoms with Crippen molar-refractivity contribution < 1.29 is 18.3 Å². The highest BCUT2D eigenvalue weighted by Gasteiger charge is 2.18. The van der Waals surface area contributed by atoms with Gasteiger partial charge >= 0.3 is 0 Å². The molecule has 1 aromatic rings. The second-order valence-electron chi connectivity index (χ2n) is 3.38. The van der Waals surface area contributed by atoms with Gasteiger partial charge in [0.25, 0.3) is 5.91 Å². The van der Waals surface area contributed by atoms with E-state index in [9.17, 15) is 13.6 Å². The molecule has 1 rings (SSSR count). The summed E-state index contributed by atoms with van der Waals surface area (Å²) in [6.07, 6.45) is 3.99. The normalized spacial score (nSPS) is 11.5. The van der Waals surface area contributed by atoms with Crippen molar-refractivity contribution in [3.05, 3.63) is 28.2 Å². The summed E-state index contributed by atoms with van der Waals surface area (Å²) in [5, 5.41) is 2.37. The zero-order valence-corrected chi connectivity index (χ0v) is 11.1. The number of carbonyl (C=O) groups is 1. The van der Waals surface area contributed by atoms with E-state index >= 15 is 0 Å². The molecule has 96 valence electrons. The Morgan fingerprint density at radius 2 is 2.28 bits per heavy atom. The maximum atomic E-state index is 13.4. The molecule has 6 heteroatoms. The van der Waals surface area contributed by atoms with E-state index in [1.54, 1.807) is 0 Å². The fraction of sp³-hybridized carbons (Fsp3) is 0.250. The van der Waals surface area contributed by atoms with Crippen molar-refractivity contribution in [2.24, 2.45) is 0 Å². The first-order valence-corrected chi connectivity index (χ1v) is 5.77. The van der Waals surface area contributed by atoms with Crippen molar-refractivity contribution in [2.75, 3.05) is 6.54 Å². The Morgan fingerprint density at radius 1 is 1.61 bits per heavy atom. The Labute approximate surface area is 112 Å². The second kappa shape index (κ2) is 6.36. The average molecular weight is 318 g/mol. The van der Waals surface area contributed by atoms with E-state index in [4.69, 9.17) is 11.2 Å². The second-order valence-corrected chi connectivity index (χ2v) is 4.30. The van der Waals surface area contributed by atoms with E-state index in [0.717, 1.165) is 6.07 Å². The maximum absolute atomic E-state index is 13.4. The Morgan fingerprint density at radius 3 is 2.89 bits per heavy atom. The number of amides is 1. The summed E-state index contributed by atoms with van der Waals surface area (Å²) in [6, 6.07) is 2.20. The van der Waals surface area contributed by atoms with Gasteiger partial charge in [0, 0.05) is 4.47 Å². The Hall–Kier alpha value is -1.61. The number of carbonyl (C=O) groups excluding carboxylic acids is 1. The SMILES string of the molecule is C#CCNC(=O)[C@H](C)Oc1cc(Br)cc(F)c1F. The number of ether oxygens (including phenoxy) is 1. The monoisotopic (exact) mass is 317 g/mol. The van der Waals surface area contributed by atoms with Crippen molar-refractivity contribution in [3.63, 3.8) is 0 Å². The average Bonchev–Trinajstić information content (AvgIpc) is 2.32. The molecule has 0 aliphatic carbocycles. The molecule has 0 aromatic heterocycles. The van der Waals surface area contributed by atoms with Crippen LogP contribution in [0.5, 0.6) is 5.75 Å². The molecular formula is C12H10BrF2NO2. The summed E-state index contributed by atoms with van der Waals surface area (Å²) >= 11 is 3.00. The van der Waals surface area contributed by atoms with Crippen LogP contribution in [0.1, 0.15) is 6.92 Å². The zero-order chi connectivity index (χ0) is 13.7. The topological polar surface area (TPSA) is 38.3 Å². The Balaban J connectivity index is 2.79. The molecule has 3 nitrogen and oxygen atoms in total. The molecule has 0 fully saturated rings. The number of hydrogen-bond donors (Lipinski definition) is 1. The van der Waals surface area contributed by atoms with E-state index in [1.165, 1.54) is 13.0 Å². The quantitative estimate of drug-likeness (QED) is 0.683. The predicted molar refractivity (Wildman–Crippen MR) is 66.0 cm³/mol. The largest absolute Gasteiger partial charge is 0.478 e. The lowest BCUT2D eigenvalue weighted by molar-refractivity contribution is -0.127. The van der Waals surface area contributed by atoms with Crippen LogP contribution < -0.4 is 10.1 Å². The number of hydrogen-bond acceptors (Lipinski definition) is 2. The molecule has 0 aliphatic rings. The molecule has 0 heterocycles. The molecule has 1 amide bonds. The smallest absolute Gasteiger partial charge is 0.261 e. The highest BCUT2D eigenvalue weighted by molar-refractivity contribution is 9.10. The summed E-state index contributed by atoms with van der Waals surface area (Å²) in [7, 11) is 0. The third kappa shape index (κ3) is 3.70. The lowest BCUT2D eigenvalue weighted by Gasteiger charge is -2.14. The number of benzene rings is 1. The molecule has 0 bridgehead atoms. The zero-order valence-electron chi connectivity index (χ0n) is 9.47. The lowest BCUT2D eigenvalue weighted by Crippen LogP contribution is -2.36. The minimum atomic E-state index is -1.14. The summed E-state index contributed by atoms with van der Waals surface area (Å²) in [5.74, 6) is -0.835. The van der Waals surface area contributed by atoms with Gasteiger partial charge in [-0.05, 0) is 19.1 Å². The molecule has 1 N–H and O–H groups in total. The van der Waals surface area contributed by atoms with Gasteiger partial charge in [0.05, 0.1) is 6.54 Å². The predicted octanol–water partition coefficient (Wildman–Crippen LogP) is 2.24. The number of rotatable bonds is 4. The van der Waals surface area contributed by atoms with Crippen LogP contribution in [0.15, 0.2) is 16.6 Å². The van der Waals surface area contributed by atoms with Crippen LogP contribution >= 0.6 is 15.9 Å². The van der Waals surface area contributed by atoms with E-state index in [1.807, 2.05) is 0 Å².